The summed E-state index contributed by atoms with van der Waals surface area (Å²) < 4.78 is 4.99. The van der Waals surface area contributed by atoms with E-state index in [0.29, 0.717) is 5.56 Å². The van der Waals surface area contributed by atoms with Crippen molar-refractivity contribution in [3.63, 3.8) is 0 Å². The first-order chi connectivity index (χ1) is 9.51. The quantitative estimate of drug-likeness (QED) is 0.454. The SMILES string of the molecule is C=Cc1ccc(C(=O)Oc2cc(O)c(O)c(O)c2)cc1. The fourth-order valence-corrected chi connectivity index (χ4v) is 1.56. The molecule has 0 amide bonds. The Labute approximate surface area is 115 Å². The predicted molar refractivity (Wildman–Crippen MR) is 72.9 cm³/mol. The van der Waals surface area contributed by atoms with Crippen LogP contribution in [-0.4, -0.2) is 21.3 Å². The molecule has 2 rings (SSSR count). The zero-order valence-electron chi connectivity index (χ0n) is 10.4. The molecule has 102 valence electrons. The fourth-order valence-electron chi connectivity index (χ4n) is 1.56. The van der Waals surface area contributed by atoms with Crippen molar-refractivity contribution in [1.82, 2.24) is 0 Å². The molecule has 3 N–H and O–H groups in total. The van der Waals surface area contributed by atoms with E-state index in [2.05, 4.69) is 6.58 Å². The van der Waals surface area contributed by atoms with Crippen molar-refractivity contribution in [1.29, 1.82) is 0 Å². The number of benzene rings is 2. The van der Waals surface area contributed by atoms with Crippen LogP contribution in [0.1, 0.15) is 15.9 Å². The predicted octanol–water partition coefficient (Wildman–Crippen LogP) is 2.67. The first-order valence-corrected chi connectivity index (χ1v) is 5.71. The lowest BCUT2D eigenvalue weighted by molar-refractivity contribution is 0.0734. The van der Waals surface area contributed by atoms with E-state index in [-0.39, 0.29) is 5.75 Å². The molecule has 0 aliphatic carbocycles. The number of phenols is 3. The van der Waals surface area contributed by atoms with Gasteiger partial charge in [-0.3, -0.25) is 0 Å². The minimum Gasteiger partial charge on any atom is -0.504 e. The number of esters is 1. The number of aromatic hydroxyl groups is 3. The topological polar surface area (TPSA) is 87.0 Å². The molecule has 2 aromatic rings. The van der Waals surface area contributed by atoms with Gasteiger partial charge in [-0.2, -0.15) is 0 Å². The Morgan fingerprint density at radius 2 is 1.60 bits per heavy atom. The van der Waals surface area contributed by atoms with Gasteiger partial charge in [0.1, 0.15) is 5.75 Å². The summed E-state index contributed by atoms with van der Waals surface area (Å²) in [5, 5.41) is 27.8. The first kappa shape index (κ1) is 13.5. The molecule has 5 nitrogen and oxygen atoms in total. The maximum absolute atomic E-state index is 11.8. The van der Waals surface area contributed by atoms with E-state index >= 15 is 0 Å². The third-order valence-electron chi connectivity index (χ3n) is 2.64. The number of hydrogen-bond acceptors (Lipinski definition) is 5. The Hall–Kier alpha value is -2.95. The van der Waals surface area contributed by atoms with Crippen molar-refractivity contribution in [3.8, 4) is 23.0 Å². The number of phenolic OH excluding ortho intramolecular Hbond substituents is 3. The van der Waals surface area contributed by atoms with Crippen LogP contribution in [0.4, 0.5) is 0 Å². The smallest absolute Gasteiger partial charge is 0.343 e. The van der Waals surface area contributed by atoms with Crippen LogP contribution >= 0.6 is 0 Å². The van der Waals surface area contributed by atoms with E-state index < -0.39 is 23.2 Å². The number of carbonyl (C=O) groups is 1. The van der Waals surface area contributed by atoms with Crippen LogP contribution < -0.4 is 4.74 Å². The van der Waals surface area contributed by atoms with Gasteiger partial charge in [0, 0.05) is 12.1 Å². The largest absolute Gasteiger partial charge is 0.504 e. The first-order valence-electron chi connectivity index (χ1n) is 5.71. The molecule has 0 aromatic heterocycles. The molecule has 0 spiro atoms. The average molecular weight is 272 g/mol. The van der Waals surface area contributed by atoms with Crippen molar-refractivity contribution in [2.75, 3.05) is 0 Å². The molecule has 0 saturated heterocycles. The number of carbonyl (C=O) groups excluding carboxylic acids is 1. The molecular formula is C15H12O5. The van der Waals surface area contributed by atoms with E-state index in [1.165, 1.54) is 0 Å². The van der Waals surface area contributed by atoms with Gasteiger partial charge in [0.05, 0.1) is 5.56 Å². The van der Waals surface area contributed by atoms with Crippen LogP contribution in [0, 0.1) is 0 Å². The van der Waals surface area contributed by atoms with Crippen LogP contribution in [-0.2, 0) is 0 Å². The van der Waals surface area contributed by atoms with Gasteiger partial charge >= 0.3 is 5.97 Å². The second-order valence-corrected chi connectivity index (χ2v) is 4.03. The Bertz CT molecular complexity index is 635. The highest BCUT2D eigenvalue weighted by molar-refractivity contribution is 5.91. The van der Waals surface area contributed by atoms with Crippen LogP contribution in [0.15, 0.2) is 43.0 Å². The molecule has 0 atom stereocenters. The molecule has 0 radical (unpaired) electrons. The lowest BCUT2D eigenvalue weighted by atomic mass is 10.1. The van der Waals surface area contributed by atoms with Crippen molar-refractivity contribution in [3.05, 3.63) is 54.1 Å². The summed E-state index contributed by atoms with van der Waals surface area (Å²) in [6.45, 7) is 3.61. The Morgan fingerprint density at radius 3 is 2.10 bits per heavy atom. The lowest BCUT2D eigenvalue weighted by Crippen LogP contribution is -2.08. The molecule has 0 unspecified atom stereocenters. The van der Waals surface area contributed by atoms with Gasteiger partial charge in [-0.1, -0.05) is 24.8 Å². The molecular weight excluding hydrogens is 260 g/mol. The van der Waals surface area contributed by atoms with Gasteiger partial charge in [-0.05, 0) is 17.7 Å². The molecule has 5 heteroatoms. The highest BCUT2D eigenvalue weighted by Crippen LogP contribution is 2.38. The highest BCUT2D eigenvalue weighted by atomic mass is 16.5. The molecule has 0 heterocycles. The maximum Gasteiger partial charge on any atom is 0.343 e. The monoisotopic (exact) mass is 272 g/mol. The highest BCUT2D eigenvalue weighted by Gasteiger charge is 2.13. The van der Waals surface area contributed by atoms with E-state index in [4.69, 9.17) is 4.74 Å². The van der Waals surface area contributed by atoms with E-state index in [9.17, 15) is 20.1 Å². The maximum atomic E-state index is 11.8. The third kappa shape index (κ3) is 2.72. The molecule has 20 heavy (non-hydrogen) atoms. The van der Waals surface area contributed by atoms with Gasteiger partial charge in [-0.15, -0.1) is 0 Å². The van der Waals surface area contributed by atoms with E-state index in [0.717, 1.165) is 17.7 Å². The van der Waals surface area contributed by atoms with E-state index in [1.807, 2.05) is 0 Å². The second kappa shape index (κ2) is 5.36. The fraction of sp³-hybridized carbons (Fsp3) is 0. The Kier molecular flexibility index (Phi) is 3.61. The standard InChI is InChI=1S/C15H12O5/c1-2-9-3-5-10(6-4-9)15(19)20-11-7-12(16)14(18)13(17)8-11/h2-8,16-18H,1H2. The van der Waals surface area contributed by atoms with Crippen LogP contribution in [0.25, 0.3) is 6.08 Å². The summed E-state index contributed by atoms with van der Waals surface area (Å²) in [5.41, 5.74) is 1.17. The summed E-state index contributed by atoms with van der Waals surface area (Å²) in [7, 11) is 0. The molecule has 0 bridgehead atoms. The molecule has 0 aliphatic heterocycles. The van der Waals surface area contributed by atoms with Crippen molar-refractivity contribution < 1.29 is 24.9 Å². The lowest BCUT2D eigenvalue weighted by Gasteiger charge is -2.07. The van der Waals surface area contributed by atoms with Crippen LogP contribution in [0.5, 0.6) is 23.0 Å². The van der Waals surface area contributed by atoms with Crippen LogP contribution in [0.2, 0.25) is 0 Å². The van der Waals surface area contributed by atoms with Gasteiger partial charge in [-0.25, -0.2) is 4.79 Å². The van der Waals surface area contributed by atoms with Crippen LogP contribution in [0.3, 0.4) is 0 Å². The molecule has 2 aromatic carbocycles. The second-order valence-electron chi connectivity index (χ2n) is 4.03. The average Bonchev–Trinajstić information content (AvgIpc) is 2.44. The minimum absolute atomic E-state index is 0.0735. The van der Waals surface area contributed by atoms with E-state index in [1.54, 1.807) is 30.3 Å². The van der Waals surface area contributed by atoms with Gasteiger partial charge in [0.25, 0.3) is 0 Å². The summed E-state index contributed by atoms with van der Waals surface area (Å²) in [4.78, 5) is 11.8. The van der Waals surface area contributed by atoms with Crippen molar-refractivity contribution in [2.45, 2.75) is 0 Å². The van der Waals surface area contributed by atoms with Crippen molar-refractivity contribution >= 4 is 12.0 Å². The van der Waals surface area contributed by atoms with Gasteiger partial charge in [0.2, 0.25) is 5.75 Å². The number of ether oxygens (including phenoxy) is 1. The Morgan fingerprint density at radius 1 is 1.05 bits per heavy atom. The molecule has 0 fully saturated rings. The minimum atomic E-state index is -0.667. The summed E-state index contributed by atoms with van der Waals surface area (Å²) in [6, 6.07) is 8.61. The van der Waals surface area contributed by atoms with Gasteiger partial charge in [0.15, 0.2) is 11.5 Å². The zero-order valence-corrected chi connectivity index (χ0v) is 10.4. The third-order valence-corrected chi connectivity index (χ3v) is 2.64. The van der Waals surface area contributed by atoms with Crippen molar-refractivity contribution in [2.24, 2.45) is 0 Å². The molecule has 0 saturated carbocycles. The summed E-state index contributed by atoms with van der Waals surface area (Å²) in [5.74, 6) is -2.54. The number of rotatable bonds is 3. The summed E-state index contributed by atoms with van der Waals surface area (Å²) in [6.07, 6.45) is 1.64. The number of hydrogen-bond donors (Lipinski definition) is 3. The Balaban J connectivity index is 2.20. The zero-order chi connectivity index (χ0) is 14.7. The normalized spacial score (nSPS) is 10.0. The van der Waals surface area contributed by atoms with Gasteiger partial charge < -0.3 is 20.1 Å². The molecule has 0 aliphatic rings. The summed E-state index contributed by atoms with van der Waals surface area (Å²) >= 11 is 0.